The van der Waals surface area contributed by atoms with Crippen molar-refractivity contribution in [1.82, 2.24) is 0 Å². The zero-order valence-corrected chi connectivity index (χ0v) is 14.5. The number of hydrogen-bond acceptors (Lipinski definition) is 3. The van der Waals surface area contributed by atoms with Gasteiger partial charge in [0.1, 0.15) is 0 Å². The van der Waals surface area contributed by atoms with Crippen molar-refractivity contribution in [2.75, 3.05) is 6.61 Å². The first kappa shape index (κ1) is 17.4. The second-order valence-electron chi connectivity index (χ2n) is 7.15. The number of carbonyl (C=O) groups excluding carboxylic acids is 1. The van der Waals surface area contributed by atoms with Crippen LogP contribution in [0.3, 0.4) is 0 Å². The van der Waals surface area contributed by atoms with E-state index in [1.807, 2.05) is 0 Å². The van der Waals surface area contributed by atoms with Crippen LogP contribution in [-0.4, -0.2) is 31.4 Å². The second kappa shape index (κ2) is 6.42. The van der Waals surface area contributed by atoms with E-state index in [-0.39, 0.29) is 10.8 Å². The molecule has 1 saturated carbocycles. The van der Waals surface area contributed by atoms with Crippen LogP contribution in [0.25, 0.3) is 0 Å². The van der Waals surface area contributed by atoms with E-state index >= 15 is 0 Å². The van der Waals surface area contributed by atoms with Crippen molar-refractivity contribution in [2.45, 2.75) is 76.6 Å². The van der Waals surface area contributed by atoms with Crippen molar-refractivity contribution in [3.8, 4) is 11.8 Å². The lowest BCUT2D eigenvalue weighted by molar-refractivity contribution is -0.134. The molecule has 1 N–H and O–H groups in total. The third kappa shape index (κ3) is 4.44. The molecular formula is C16H28O3Si. The van der Waals surface area contributed by atoms with Gasteiger partial charge in [-0.3, -0.25) is 4.79 Å². The molecule has 0 amide bonds. The Morgan fingerprint density at radius 1 is 1.35 bits per heavy atom. The van der Waals surface area contributed by atoms with Gasteiger partial charge >= 0.3 is 0 Å². The summed E-state index contributed by atoms with van der Waals surface area (Å²) in [4.78, 5) is 11.7. The Kier molecular flexibility index (Phi) is 5.59. The lowest BCUT2D eigenvalue weighted by Crippen LogP contribution is -2.41. The minimum atomic E-state index is -1.72. The zero-order valence-electron chi connectivity index (χ0n) is 13.5. The van der Waals surface area contributed by atoms with Crippen LogP contribution in [0.1, 0.15) is 52.9 Å². The highest BCUT2D eigenvalue weighted by Crippen LogP contribution is 2.36. The molecule has 1 rings (SSSR count). The van der Waals surface area contributed by atoms with E-state index < -0.39 is 13.9 Å². The molecule has 1 aliphatic carbocycles. The SMILES string of the molecule is CC(C)(C)[Si](C)(C)OCCC#CC1(O)CCCCC1=O. The minimum absolute atomic E-state index is 0.124. The molecule has 20 heavy (non-hydrogen) atoms. The molecule has 0 radical (unpaired) electrons. The van der Waals surface area contributed by atoms with Crippen LogP contribution in [0.5, 0.6) is 0 Å². The van der Waals surface area contributed by atoms with E-state index in [1.54, 1.807) is 0 Å². The Morgan fingerprint density at radius 2 is 2.00 bits per heavy atom. The first-order valence-electron chi connectivity index (χ1n) is 7.48. The van der Waals surface area contributed by atoms with Crippen LogP contribution in [-0.2, 0) is 9.22 Å². The van der Waals surface area contributed by atoms with Crippen molar-refractivity contribution in [3.05, 3.63) is 0 Å². The predicted molar refractivity (Wildman–Crippen MR) is 84.0 cm³/mol. The Bertz CT molecular complexity index is 412. The summed E-state index contributed by atoms with van der Waals surface area (Å²) < 4.78 is 6.01. The molecule has 0 heterocycles. The summed E-state index contributed by atoms with van der Waals surface area (Å²) in [6.07, 6.45) is 3.24. The Hall–Kier alpha value is -0.633. The Balaban J connectivity index is 2.46. The molecule has 4 heteroatoms. The summed E-state index contributed by atoms with van der Waals surface area (Å²) in [5.74, 6) is 5.57. The lowest BCUT2D eigenvalue weighted by atomic mass is 9.84. The summed E-state index contributed by atoms with van der Waals surface area (Å²) in [6, 6.07) is 0. The van der Waals surface area contributed by atoms with Crippen molar-refractivity contribution in [3.63, 3.8) is 0 Å². The van der Waals surface area contributed by atoms with Crippen LogP contribution >= 0.6 is 0 Å². The molecule has 0 aromatic heterocycles. The molecule has 0 aromatic rings. The quantitative estimate of drug-likeness (QED) is 0.494. The zero-order chi connectivity index (χ0) is 15.4. The molecule has 1 atom stereocenters. The van der Waals surface area contributed by atoms with Crippen molar-refractivity contribution in [1.29, 1.82) is 0 Å². The van der Waals surface area contributed by atoms with E-state index in [2.05, 4.69) is 45.7 Å². The number of carbonyl (C=O) groups is 1. The summed E-state index contributed by atoms with van der Waals surface area (Å²) in [7, 11) is -1.72. The van der Waals surface area contributed by atoms with Gasteiger partial charge in [0, 0.05) is 19.4 Å². The van der Waals surface area contributed by atoms with Crippen LogP contribution in [0.15, 0.2) is 0 Å². The van der Waals surface area contributed by atoms with Gasteiger partial charge in [-0.25, -0.2) is 0 Å². The fourth-order valence-corrected chi connectivity index (χ4v) is 2.97. The Morgan fingerprint density at radius 3 is 2.55 bits per heavy atom. The third-order valence-electron chi connectivity index (χ3n) is 4.45. The average Bonchev–Trinajstić information content (AvgIpc) is 2.31. The van der Waals surface area contributed by atoms with Crippen LogP contribution < -0.4 is 0 Å². The largest absolute Gasteiger partial charge is 0.416 e. The first-order chi connectivity index (χ1) is 9.08. The van der Waals surface area contributed by atoms with Crippen molar-refractivity contribution in [2.24, 2.45) is 0 Å². The first-order valence-corrected chi connectivity index (χ1v) is 10.4. The van der Waals surface area contributed by atoms with E-state index in [4.69, 9.17) is 4.43 Å². The molecule has 0 bridgehead atoms. The summed E-state index contributed by atoms with van der Waals surface area (Å²) in [6.45, 7) is 11.6. The van der Waals surface area contributed by atoms with Gasteiger partial charge in [-0.05, 0) is 37.4 Å². The highest BCUT2D eigenvalue weighted by atomic mass is 28.4. The van der Waals surface area contributed by atoms with E-state index in [1.165, 1.54) is 0 Å². The van der Waals surface area contributed by atoms with Gasteiger partial charge in [-0.15, -0.1) is 0 Å². The van der Waals surface area contributed by atoms with E-state index in [0.29, 0.717) is 25.9 Å². The molecule has 114 valence electrons. The molecule has 0 spiro atoms. The van der Waals surface area contributed by atoms with Gasteiger partial charge in [0.05, 0.1) is 0 Å². The maximum atomic E-state index is 11.7. The number of aliphatic hydroxyl groups is 1. The molecule has 1 fully saturated rings. The summed E-state index contributed by atoms with van der Waals surface area (Å²) in [5, 5.41) is 10.4. The van der Waals surface area contributed by atoms with Crippen molar-refractivity contribution < 1.29 is 14.3 Å². The molecule has 0 saturated heterocycles. The van der Waals surface area contributed by atoms with Crippen LogP contribution in [0, 0.1) is 11.8 Å². The fraction of sp³-hybridized carbons (Fsp3) is 0.812. The summed E-state index contributed by atoms with van der Waals surface area (Å²) in [5.41, 5.74) is -1.39. The number of Topliss-reactive ketones (excluding diaryl/α,β-unsaturated/α-hetero) is 1. The maximum Gasteiger partial charge on any atom is 0.192 e. The van der Waals surface area contributed by atoms with Crippen LogP contribution in [0.2, 0.25) is 18.1 Å². The third-order valence-corrected chi connectivity index (χ3v) is 8.98. The molecule has 3 nitrogen and oxygen atoms in total. The molecule has 1 aliphatic rings. The smallest absolute Gasteiger partial charge is 0.192 e. The van der Waals surface area contributed by atoms with Crippen molar-refractivity contribution >= 4 is 14.1 Å². The maximum absolute atomic E-state index is 11.7. The van der Waals surface area contributed by atoms with E-state index in [0.717, 1.165) is 12.8 Å². The monoisotopic (exact) mass is 296 g/mol. The molecule has 1 unspecified atom stereocenters. The average molecular weight is 296 g/mol. The number of rotatable bonds is 3. The summed E-state index contributed by atoms with van der Waals surface area (Å²) >= 11 is 0. The topological polar surface area (TPSA) is 46.5 Å². The standard InChI is InChI=1S/C16H28O3Si/c1-15(2,3)20(4,5)19-13-9-8-12-16(18)11-7-6-10-14(16)17/h18H,6-7,9-11,13H2,1-5H3. The highest BCUT2D eigenvalue weighted by molar-refractivity contribution is 6.74. The minimum Gasteiger partial charge on any atom is -0.416 e. The van der Waals surface area contributed by atoms with Gasteiger partial charge in [0.25, 0.3) is 0 Å². The van der Waals surface area contributed by atoms with Gasteiger partial charge in [-0.2, -0.15) is 0 Å². The molecular weight excluding hydrogens is 268 g/mol. The predicted octanol–water partition coefficient (Wildman–Crippen LogP) is 3.28. The van der Waals surface area contributed by atoms with Gasteiger partial charge < -0.3 is 9.53 Å². The molecule has 0 aliphatic heterocycles. The normalized spacial score (nSPS) is 24.2. The Labute approximate surface area is 124 Å². The van der Waals surface area contributed by atoms with Crippen LogP contribution in [0.4, 0.5) is 0 Å². The fourth-order valence-electron chi connectivity index (χ4n) is 1.93. The van der Waals surface area contributed by atoms with Gasteiger partial charge in [0.2, 0.25) is 0 Å². The second-order valence-corrected chi connectivity index (χ2v) is 12.0. The van der Waals surface area contributed by atoms with Gasteiger partial charge in [0.15, 0.2) is 19.7 Å². The van der Waals surface area contributed by atoms with Gasteiger partial charge in [-0.1, -0.05) is 32.6 Å². The highest BCUT2D eigenvalue weighted by Gasteiger charge is 2.37. The number of hydrogen-bond donors (Lipinski definition) is 1. The number of ketones is 1. The van der Waals surface area contributed by atoms with E-state index in [9.17, 15) is 9.90 Å². The lowest BCUT2D eigenvalue weighted by Gasteiger charge is -2.35. The molecule has 0 aromatic carbocycles.